The summed E-state index contributed by atoms with van der Waals surface area (Å²) in [5, 5.41) is 8.76. The van der Waals surface area contributed by atoms with Crippen molar-refractivity contribution >= 4 is 11.8 Å². The highest BCUT2D eigenvalue weighted by Crippen LogP contribution is 2.33. The van der Waals surface area contributed by atoms with E-state index in [0.717, 1.165) is 29.3 Å². The van der Waals surface area contributed by atoms with Crippen molar-refractivity contribution in [1.29, 1.82) is 0 Å². The zero-order valence-corrected chi connectivity index (χ0v) is 13.9. The van der Waals surface area contributed by atoms with Gasteiger partial charge in [0.15, 0.2) is 0 Å². The van der Waals surface area contributed by atoms with Gasteiger partial charge < -0.3 is 10.6 Å². The fourth-order valence-electron chi connectivity index (χ4n) is 4.77. The maximum absolute atomic E-state index is 4.12. The standard InChI is InChI=1S/C17H32N2S/c1-20-17-11-5-4-9-16(17)19-15-8-3-2-7-13(15)14-10-6-12-18-14/h13-19H,2-12H2,1H3. The third-order valence-electron chi connectivity index (χ3n) is 5.87. The van der Waals surface area contributed by atoms with Gasteiger partial charge in [-0.3, -0.25) is 0 Å². The van der Waals surface area contributed by atoms with E-state index in [2.05, 4.69) is 28.7 Å². The molecule has 3 fully saturated rings. The Balaban J connectivity index is 1.60. The first kappa shape index (κ1) is 15.2. The lowest BCUT2D eigenvalue weighted by Gasteiger charge is -2.41. The lowest BCUT2D eigenvalue weighted by Crippen LogP contribution is -2.53. The Morgan fingerprint density at radius 2 is 1.60 bits per heavy atom. The van der Waals surface area contributed by atoms with Crippen LogP contribution in [-0.2, 0) is 0 Å². The molecule has 0 aromatic heterocycles. The Morgan fingerprint density at radius 1 is 0.850 bits per heavy atom. The smallest absolute Gasteiger partial charge is 0.0198 e. The van der Waals surface area contributed by atoms with Gasteiger partial charge in [0.05, 0.1) is 0 Å². The summed E-state index contributed by atoms with van der Waals surface area (Å²) >= 11 is 2.10. The van der Waals surface area contributed by atoms with Crippen molar-refractivity contribution in [1.82, 2.24) is 10.6 Å². The average Bonchev–Trinajstić information content (AvgIpc) is 3.02. The number of hydrogen-bond donors (Lipinski definition) is 2. The quantitative estimate of drug-likeness (QED) is 0.829. The van der Waals surface area contributed by atoms with Crippen molar-refractivity contribution in [3.05, 3.63) is 0 Å². The van der Waals surface area contributed by atoms with Crippen molar-refractivity contribution in [2.24, 2.45) is 5.92 Å². The summed E-state index contributed by atoms with van der Waals surface area (Å²) in [7, 11) is 0. The maximum atomic E-state index is 4.12. The largest absolute Gasteiger partial charge is 0.314 e. The molecule has 0 radical (unpaired) electrons. The third kappa shape index (κ3) is 3.53. The molecule has 0 amide bonds. The van der Waals surface area contributed by atoms with Crippen LogP contribution in [0.3, 0.4) is 0 Å². The van der Waals surface area contributed by atoms with E-state index in [1.807, 2.05) is 0 Å². The molecule has 2 nitrogen and oxygen atoms in total. The molecule has 2 aliphatic carbocycles. The molecule has 0 bridgehead atoms. The van der Waals surface area contributed by atoms with Crippen molar-refractivity contribution in [3.8, 4) is 0 Å². The first-order valence-corrected chi connectivity index (χ1v) is 10.2. The molecular weight excluding hydrogens is 264 g/mol. The Morgan fingerprint density at radius 3 is 2.35 bits per heavy atom. The zero-order chi connectivity index (χ0) is 13.8. The van der Waals surface area contributed by atoms with E-state index >= 15 is 0 Å². The molecule has 1 saturated heterocycles. The second kappa shape index (κ2) is 7.51. The molecule has 20 heavy (non-hydrogen) atoms. The zero-order valence-electron chi connectivity index (χ0n) is 13.1. The summed E-state index contributed by atoms with van der Waals surface area (Å²) < 4.78 is 0. The van der Waals surface area contributed by atoms with Gasteiger partial charge in [-0.15, -0.1) is 0 Å². The molecule has 0 aromatic rings. The van der Waals surface area contributed by atoms with Crippen LogP contribution in [0.2, 0.25) is 0 Å². The summed E-state index contributed by atoms with van der Waals surface area (Å²) in [5.41, 5.74) is 0. The van der Waals surface area contributed by atoms with Gasteiger partial charge >= 0.3 is 0 Å². The van der Waals surface area contributed by atoms with Crippen LogP contribution in [0.1, 0.15) is 64.2 Å². The first-order valence-electron chi connectivity index (χ1n) is 8.90. The van der Waals surface area contributed by atoms with Gasteiger partial charge in [-0.25, -0.2) is 0 Å². The lowest BCUT2D eigenvalue weighted by atomic mass is 9.78. The number of rotatable bonds is 4. The second-order valence-electron chi connectivity index (χ2n) is 7.09. The molecule has 3 heteroatoms. The van der Waals surface area contributed by atoms with E-state index in [1.165, 1.54) is 70.8 Å². The van der Waals surface area contributed by atoms with Crippen molar-refractivity contribution in [3.63, 3.8) is 0 Å². The normalized spacial score (nSPS) is 42.8. The monoisotopic (exact) mass is 296 g/mol. The third-order valence-corrected chi connectivity index (χ3v) is 7.04. The van der Waals surface area contributed by atoms with Crippen LogP contribution in [0.15, 0.2) is 0 Å². The van der Waals surface area contributed by atoms with Crippen LogP contribution in [-0.4, -0.2) is 36.2 Å². The van der Waals surface area contributed by atoms with E-state index in [9.17, 15) is 0 Å². The van der Waals surface area contributed by atoms with E-state index in [0.29, 0.717) is 0 Å². The molecule has 0 aromatic carbocycles. The molecular formula is C17H32N2S. The summed E-state index contributed by atoms with van der Waals surface area (Å²) in [6.07, 6.45) is 16.6. The van der Waals surface area contributed by atoms with Crippen molar-refractivity contribution in [2.75, 3.05) is 12.8 Å². The molecule has 1 heterocycles. The van der Waals surface area contributed by atoms with Crippen LogP contribution >= 0.6 is 11.8 Å². The average molecular weight is 297 g/mol. The molecule has 3 rings (SSSR count). The van der Waals surface area contributed by atoms with E-state index < -0.39 is 0 Å². The fourth-order valence-corrected chi connectivity index (χ4v) is 5.72. The van der Waals surface area contributed by atoms with Crippen LogP contribution in [0.4, 0.5) is 0 Å². The molecule has 2 N–H and O–H groups in total. The van der Waals surface area contributed by atoms with E-state index in [-0.39, 0.29) is 0 Å². The van der Waals surface area contributed by atoms with E-state index in [4.69, 9.17) is 0 Å². The minimum Gasteiger partial charge on any atom is -0.314 e. The van der Waals surface area contributed by atoms with Gasteiger partial charge in [0.1, 0.15) is 0 Å². The fraction of sp³-hybridized carbons (Fsp3) is 1.00. The number of nitrogens with one attached hydrogen (secondary N) is 2. The van der Waals surface area contributed by atoms with Crippen molar-refractivity contribution < 1.29 is 0 Å². The Bertz CT molecular complexity index is 291. The molecule has 5 unspecified atom stereocenters. The highest BCUT2D eigenvalue weighted by Gasteiger charge is 2.35. The first-order chi connectivity index (χ1) is 9.88. The Labute approximate surface area is 129 Å². The van der Waals surface area contributed by atoms with Gasteiger partial charge in [-0.05, 0) is 57.2 Å². The van der Waals surface area contributed by atoms with Crippen LogP contribution in [0, 0.1) is 5.92 Å². The Hall–Kier alpha value is 0.270. The van der Waals surface area contributed by atoms with Gasteiger partial charge in [0, 0.05) is 23.4 Å². The summed E-state index contributed by atoms with van der Waals surface area (Å²) in [4.78, 5) is 0. The van der Waals surface area contributed by atoms with Gasteiger partial charge in [0.25, 0.3) is 0 Å². The molecule has 116 valence electrons. The summed E-state index contributed by atoms with van der Waals surface area (Å²) in [5.74, 6) is 0.899. The molecule has 1 aliphatic heterocycles. The minimum absolute atomic E-state index is 0.783. The second-order valence-corrected chi connectivity index (χ2v) is 8.17. The lowest BCUT2D eigenvalue weighted by molar-refractivity contribution is 0.190. The molecule has 3 aliphatic rings. The Kier molecular flexibility index (Phi) is 5.70. The SMILES string of the molecule is CSC1CCCCC1NC1CCCCC1C1CCCN1. The predicted molar refractivity (Wildman–Crippen MR) is 89.5 cm³/mol. The maximum Gasteiger partial charge on any atom is 0.0198 e. The van der Waals surface area contributed by atoms with Gasteiger partial charge in [-0.1, -0.05) is 25.7 Å². The molecule has 0 spiro atoms. The summed E-state index contributed by atoms with van der Waals surface area (Å²) in [6.45, 7) is 1.25. The summed E-state index contributed by atoms with van der Waals surface area (Å²) in [6, 6.07) is 2.38. The topological polar surface area (TPSA) is 24.1 Å². The number of thioether (sulfide) groups is 1. The predicted octanol–water partition coefficient (Wildman–Crippen LogP) is 3.56. The molecule has 5 atom stereocenters. The van der Waals surface area contributed by atoms with Crippen molar-refractivity contribution in [2.45, 2.75) is 87.6 Å². The highest BCUT2D eigenvalue weighted by atomic mass is 32.2. The van der Waals surface area contributed by atoms with E-state index in [1.54, 1.807) is 0 Å². The highest BCUT2D eigenvalue weighted by molar-refractivity contribution is 7.99. The van der Waals surface area contributed by atoms with Gasteiger partial charge in [0.2, 0.25) is 0 Å². The van der Waals surface area contributed by atoms with Crippen LogP contribution in [0.25, 0.3) is 0 Å². The van der Waals surface area contributed by atoms with Crippen LogP contribution in [0.5, 0.6) is 0 Å². The van der Waals surface area contributed by atoms with Crippen LogP contribution < -0.4 is 10.6 Å². The minimum atomic E-state index is 0.783. The van der Waals surface area contributed by atoms with Gasteiger partial charge in [-0.2, -0.15) is 11.8 Å². The number of hydrogen-bond acceptors (Lipinski definition) is 3. The molecule has 2 saturated carbocycles.